The van der Waals surface area contributed by atoms with Gasteiger partial charge in [0.15, 0.2) is 0 Å². The Kier molecular flexibility index (Phi) is 4.12. The Hall–Kier alpha value is -2.10. The van der Waals surface area contributed by atoms with E-state index in [2.05, 4.69) is 27.4 Å². The van der Waals surface area contributed by atoms with E-state index in [0.717, 1.165) is 17.9 Å². The quantitative estimate of drug-likeness (QED) is 0.877. The van der Waals surface area contributed by atoms with E-state index in [1.165, 1.54) is 11.9 Å². The molecule has 4 nitrogen and oxygen atoms in total. The maximum Gasteiger partial charge on any atom is 0.221 e. The molecule has 0 saturated heterocycles. The Morgan fingerprint density at radius 2 is 1.94 bits per heavy atom. The second kappa shape index (κ2) is 6.00. The zero-order valence-corrected chi connectivity index (χ0v) is 10.7. The maximum atomic E-state index is 5.44. The molecule has 0 spiro atoms. The Labute approximate surface area is 107 Å². The third-order valence-corrected chi connectivity index (χ3v) is 2.62. The molecule has 18 heavy (non-hydrogen) atoms. The van der Waals surface area contributed by atoms with Gasteiger partial charge in [0.1, 0.15) is 12.1 Å². The number of aromatic nitrogens is 2. The molecular weight excluding hydrogens is 226 g/mol. The molecule has 1 aromatic heterocycles. The van der Waals surface area contributed by atoms with Gasteiger partial charge in [0, 0.05) is 6.54 Å². The predicted octanol–water partition coefficient (Wildman–Crippen LogP) is 2.80. The van der Waals surface area contributed by atoms with Crippen LogP contribution in [0, 0.1) is 6.92 Å². The number of rotatable bonds is 5. The Bertz CT molecular complexity index is 500. The summed E-state index contributed by atoms with van der Waals surface area (Å²) in [5, 5.41) is 3.30. The number of benzene rings is 1. The summed E-state index contributed by atoms with van der Waals surface area (Å²) in [6, 6.07) is 10.2. The molecule has 94 valence electrons. The normalized spacial score (nSPS) is 10.1. The predicted molar refractivity (Wildman–Crippen MR) is 71.7 cm³/mol. The van der Waals surface area contributed by atoms with Gasteiger partial charge in [-0.1, -0.05) is 30.3 Å². The van der Waals surface area contributed by atoms with E-state index in [1.807, 2.05) is 32.0 Å². The highest BCUT2D eigenvalue weighted by molar-refractivity contribution is 5.47. The summed E-state index contributed by atoms with van der Waals surface area (Å²) < 4.78 is 5.44. The summed E-state index contributed by atoms with van der Waals surface area (Å²) in [5.41, 5.74) is 2.16. The van der Waals surface area contributed by atoms with E-state index in [4.69, 9.17) is 4.74 Å². The van der Waals surface area contributed by atoms with E-state index < -0.39 is 0 Å². The molecule has 0 aliphatic carbocycles. The molecule has 0 saturated carbocycles. The van der Waals surface area contributed by atoms with Crippen molar-refractivity contribution in [1.29, 1.82) is 0 Å². The van der Waals surface area contributed by atoms with Crippen LogP contribution in [0.25, 0.3) is 0 Å². The molecule has 4 heteroatoms. The van der Waals surface area contributed by atoms with E-state index >= 15 is 0 Å². The maximum absolute atomic E-state index is 5.44. The average Bonchev–Trinajstić information content (AvgIpc) is 2.41. The monoisotopic (exact) mass is 243 g/mol. The minimum absolute atomic E-state index is 0.607. The molecule has 0 bridgehead atoms. The zero-order chi connectivity index (χ0) is 12.8. The van der Waals surface area contributed by atoms with Crippen LogP contribution in [0.3, 0.4) is 0 Å². The van der Waals surface area contributed by atoms with Crippen LogP contribution in [0.2, 0.25) is 0 Å². The minimum atomic E-state index is 0.607. The summed E-state index contributed by atoms with van der Waals surface area (Å²) in [5.74, 6) is 1.46. The summed E-state index contributed by atoms with van der Waals surface area (Å²) in [4.78, 5) is 8.34. The average molecular weight is 243 g/mol. The van der Waals surface area contributed by atoms with Crippen LogP contribution in [-0.2, 0) is 6.54 Å². The molecule has 0 radical (unpaired) electrons. The van der Waals surface area contributed by atoms with Crippen molar-refractivity contribution in [3.63, 3.8) is 0 Å². The molecule has 2 aromatic rings. The summed E-state index contributed by atoms with van der Waals surface area (Å²) >= 11 is 0. The zero-order valence-electron chi connectivity index (χ0n) is 10.7. The second-order valence-electron chi connectivity index (χ2n) is 3.92. The van der Waals surface area contributed by atoms with Gasteiger partial charge >= 0.3 is 0 Å². The van der Waals surface area contributed by atoms with Gasteiger partial charge in [0.25, 0.3) is 0 Å². The molecule has 1 aromatic carbocycles. The molecule has 0 unspecified atom stereocenters. The van der Waals surface area contributed by atoms with Crippen molar-refractivity contribution in [1.82, 2.24) is 9.97 Å². The molecule has 0 fully saturated rings. The number of nitrogens with one attached hydrogen (secondary N) is 1. The number of anilines is 1. The van der Waals surface area contributed by atoms with Gasteiger partial charge in [-0.05, 0) is 19.4 Å². The second-order valence-corrected chi connectivity index (χ2v) is 3.92. The van der Waals surface area contributed by atoms with Crippen molar-refractivity contribution in [2.75, 3.05) is 11.9 Å². The number of hydrogen-bond donors (Lipinski definition) is 1. The lowest BCUT2D eigenvalue weighted by Gasteiger charge is -2.11. The highest BCUT2D eigenvalue weighted by Crippen LogP contribution is 2.20. The fourth-order valence-electron chi connectivity index (χ4n) is 1.68. The number of ether oxygens (including phenoxy) is 1. The Balaban J connectivity index is 2.08. The minimum Gasteiger partial charge on any atom is -0.478 e. The SMILES string of the molecule is CCOc1ncnc(NCc2ccccc2)c1C. The third-order valence-electron chi connectivity index (χ3n) is 2.62. The van der Waals surface area contributed by atoms with E-state index in [-0.39, 0.29) is 0 Å². The van der Waals surface area contributed by atoms with Crippen molar-refractivity contribution in [3.05, 3.63) is 47.8 Å². The van der Waals surface area contributed by atoms with Crippen molar-refractivity contribution >= 4 is 5.82 Å². The fraction of sp³-hybridized carbons (Fsp3) is 0.286. The standard InChI is InChI=1S/C14H17N3O/c1-3-18-14-11(2)13(16-10-17-14)15-9-12-7-5-4-6-8-12/h4-8,10H,3,9H2,1-2H3,(H,15,16,17). The van der Waals surface area contributed by atoms with Crippen molar-refractivity contribution < 1.29 is 4.74 Å². The van der Waals surface area contributed by atoms with E-state index in [0.29, 0.717) is 12.5 Å². The van der Waals surface area contributed by atoms with Gasteiger partial charge in [0.05, 0.1) is 12.2 Å². The first-order chi connectivity index (χ1) is 8.81. The number of hydrogen-bond acceptors (Lipinski definition) is 4. The van der Waals surface area contributed by atoms with Gasteiger partial charge in [0.2, 0.25) is 5.88 Å². The third kappa shape index (κ3) is 2.97. The Morgan fingerprint density at radius 3 is 2.67 bits per heavy atom. The van der Waals surface area contributed by atoms with Crippen LogP contribution in [-0.4, -0.2) is 16.6 Å². The molecule has 0 aliphatic rings. The lowest BCUT2D eigenvalue weighted by molar-refractivity contribution is 0.324. The largest absolute Gasteiger partial charge is 0.478 e. The highest BCUT2D eigenvalue weighted by atomic mass is 16.5. The van der Waals surface area contributed by atoms with Crippen LogP contribution in [0.15, 0.2) is 36.7 Å². The van der Waals surface area contributed by atoms with Crippen LogP contribution >= 0.6 is 0 Å². The lowest BCUT2D eigenvalue weighted by Crippen LogP contribution is -2.06. The molecule has 2 rings (SSSR count). The molecule has 0 amide bonds. The van der Waals surface area contributed by atoms with Crippen LogP contribution < -0.4 is 10.1 Å². The molecule has 1 heterocycles. The smallest absolute Gasteiger partial charge is 0.221 e. The van der Waals surface area contributed by atoms with Crippen LogP contribution in [0.4, 0.5) is 5.82 Å². The van der Waals surface area contributed by atoms with Crippen molar-refractivity contribution in [2.24, 2.45) is 0 Å². The molecular formula is C14H17N3O. The van der Waals surface area contributed by atoms with Gasteiger partial charge < -0.3 is 10.1 Å². The lowest BCUT2D eigenvalue weighted by atomic mass is 10.2. The Morgan fingerprint density at radius 1 is 1.17 bits per heavy atom. The molecule has 0 aliphatic heterocycles. The van der Waals surface area contributed by atoms with Gasteiger partial charge in [-0.2, -0.15) is 0 Å². The molecule has 0 atom stereocenters. The molecule has 1 N–H and O–H groups in total. The van der Waals surface area contributed by atoms with Gasteiger partial charge in [-0.3, -0.25) is 0 Å². The van der Waals surface area contributed by atoms with Crippen molar-refractivity contribution in [3.8, 4) is 5.88 Å². The summed E-state index contributed by atoms with van der Waals surface area (Å²) in [6.07, 6.45) is 1.52. The fourth-order valence-corrected chi connectivity index (χ4v) is 1.68. The van der Waals surface area contributed by atoms with Crippen LogP contribution in [0.1, 0.15) is 18.1 Å². The van der Waals surface area contributed by atoms with Crippen LogP contribution in [0.5, 0.6) is 5.88 Å². The first kappa shape index (κ1) is 12.4. The van der Waals surface area contributed by atoms with Gasteiger partial charge in [-0.25, -0.2) is 9.97 Å². The van der Waals surface area contributed by atoms with E-state index in [1.54, 1.807) is 0 Å². The first-order valence-electron chi connectivity index (χ1n) is 6.03. The topological polar surface area (TPSA) is 47.0 Å². The number of nitrogens with zero attached hydrogens (tertiary/aromatic N) is 2. The van der Waals surface area contributed by atoms with Crippen molar-refractivity contribution in [2.45, 2.75) is 20.4 Å². The first-order valence-corrected chi connectivity index (χ1v) is 6.03. The van der Waals surface area contributed by atoms with Gasteiger partial charge in [-0.15, -0.1) is 0 Å². The summed E-state index contributed by atoms with van der Waals surface area (Å²) in [7, 11) is 0. The highest BCUT2D eigenvalue weighted by Gasteiger charge is 2.07. The summed E-state index contributed by atoms with van der Waals surface area (Å²) in [6.45, 7) is 5.25. The van der Waals surface area contributed by atoms with E-state index in [9.17, 15) is 0 Å².